The Morgan fingerprint density at radius 3 is 2.19 bits per heavy atom. The zero-order valence-corrected chi connectivity index (χ0v) is 9.56. The minimum atomic E-state index is -1.08. The molecule has 4 heteroatoms. The van der Waals surface area contributed by atoms with Crippen LogP contribution in [0.4, 0.5) is 0 Å². The SMILES string of the molecule is CC(C)C(C)(C(=O)O)c1ccc(O)c(O)c1. The standard InChI is InChI=1S/C12H16O4/c1-7(2)12(3,11(15)16)8-4-5-9(13)10(14)6-8/h4-7,13-14H,1-3H3,(H,15,16). The first-order chi connectivity index (χ1) is 7.30. The van der Waals surface area contributed by atoms with Crippen LogP contribution in [-0.2, 0) is 10.2 Å². The van der Waals surface area contributed by atoms with Crippen LogP contribution in [0.1, 0.15) is 26.3 Å². The zero-order chi connectivity index (χ0) is 12.5. The molecule has 1 atom stereocenters. The first kappa shape index (κ1) is 12.4. The van der Waals surface area contributed by atoms with Crippen molar-refractivity contribution in [2.45, 2.75) is 26.2 Å². The summed E-state index contributed by atoms with van der Waals surface area (Å²) in [5, 5.41) is 27.8. The van der Waals surface area contributed by atoms with Crippen LogP contribution in [0.25, 0.3) is 0 Å². The predicted octanol–water partition coefficient (Wildman–Crippen LogP) is 2.10. The van der Waals surface area contributed by atoms with E-state index in [0.717, 1.165) is 0 Å². The van der Waals surface area contributed by atoms with E-state index < -0.39 is 11.4 Å². The van der Waals surface area contributed by atoms with Gasteiger partial charge in [-0.3, -0.25) is 4.79 Å². The number of aliphatic carboxylic acids is 1. The minimum Gasteiger partial charge on any atom is -0.504 e. The summed E-state index contributed by atoms with van der Waals surface area (Å²) in [6.07, 6.45) is 0. The van der Waals surface area contributed by atoms with Crippen LogP contribution >= 0.6 is 0 Å². The Morgan fingerprint density at radius 2 is 1.81 bits per heavy atom. The van der Waals surface area contributed by atoms with E-state index in [1.807, 2.05) is 0 Å². The second kappa shape index (κ2) is 4.04. The Hall–Kier alpha value is -1.71. The lowest BCUT2D eigenvalue weighted by atomic mass is 9.73. The monoisotopic (exact) mass is 224 g/mol. The van der Waals surface area contributed by atoms with Gasteiger partial charge in [-0.25, -0.2) is 0 Å². The van der Waals surface area contributed by atoms with Gasteiger partial charge >= 0.3 is 5.97 Å². The van der Waals surface area contributed by atoms with Crippen molar-refractivity contribution >= 4 is 5.97 Å². The van der Waals surface area contributed by atoms with Gasteiger partial charge in [0.15, 0.2) is 11.5 Å². The average molecular weight is 224 g/mol. The zero-order valence-electron chi connectivity index (χ0n) is 9.56. The van der Waals surface area contributed by atoms with Gasteiger partial charge < -0.3 is 15.3 Å². The normalized spacial score (nSPS) is 14.8. The van der Waals surface area contributed by atoms with Crippen molar-refractivity contribution in [2.75, 3.05) is 0 Å². The number of rotatable bonds is 3. The molecule has 0 spiro atoms. The van der Waals surface area contributed by atoms with Crippen LogP contribution < -0.4 is 0 Å². The summed E-state index contributed by atoms with van der Waals surface area (Å²) in [6.45, 7) is 5.21. The third-order valence-corrected chi connectivity index (χ3v) is 3.17. The highest BCUT2D eigenvalue weighted by molar-refractivity contribution is 5.81. The van der Waals surface area contributed by atoms with Crippen LogP contribution in [0.2, 0.25) is 0 Å². The van der Waals surface area contributed by atoms with Crippen molar-refractivity contribution in [1.82, 2.24) is 0 Å². The van der Waals surface area contributed by atoms with Gasteiger partial charge in [0, 0.05) is 0 Å². The highest BCUT2D eigenvalue weighted by atomic mass is 16.4. The van der Waals surface area contributed by atoms with Crippen LogP contribution in [0.3, 0.4) is 0 Å². The Bertz CT molecular complexity index is 411. The minimum absolute atomic E-state index is 0.131. The van der Waals surface area contributed by atoms with Crippen LogP contribution in [-0.4, -0.2) is 21.3 Å². The number of phenolic OH excluding ortho intramolecular Hbond substituents is 2. The highest BCUT2D eigenvalue weighted by Gasteiger charge is 2.38. The molecule has 1 unspecified atom stereocenters. The van der Waals surface area contributed by atoms with E-state index in [1.54, 1.807) is 20.8 Å². The molecule has 1 aromatic carbocycles. The first-order valence-electron chi connectivity index (χ1n) is 5.06. The van der Waals surface area contributed by atoms with E-state index in [9.17, 15) is 20.1 Å². The van der Waals surface area contributed by atoms with Crippen LogP contribution in [0.15, 0.2) is 18.2 Å². The van der Waals surface area contributed by atoms with Crippen LogP contribution in [0, 0.1) is 5.92 Å². The van der Waals surface area contributed by atoms with E-state index in [2.05, 4.69) is 0 Å². The molecule has 1 aromatic rings. The van der Waals surface area contributed by atoms with Gasteiger partial charge in [-0.2, -0.15) is 0 Å². The molecule has 3 N–H and O–H groups in total. The molecule has 0 fully saturated rings. The number of carboxylic acids is 1. The molecule has 0 aromatic heterocycles. The van der Waals surface area contributed by atoms with E-state index in [1.165, 1.54) is 18.2 Å². The number of carboxylic acid groups (broad SMARTS) is 1. The topological polar surface area (TPSA) is 77.8 Å². The van der Waals surface area contributed by atoms with Crippen molar-refractivity contribution in [3.63, 3.8) is 0 Å². The molecule has 1 rings (SSSR count). The van der Waals surface area contributed by atoms with E-state index in [-0.39, 0.29) is 17.4 Å². The maximum Gasteiger partial charge on any atom is 0.314 e. The van der Waals surface area contributed by atoms with Crippen molar-refractivity contribution in [3.05, 3.63) is 23.8 Å². The number of carbonyl (C=O) groups is 1. The molecule has 0 aliphatic heterocycles. The fourth-order valence-corrected chi connectivity index (χ4v) is 1.55. The van der Waals surface area contributed by atoms with E-state index >= 15 is 0 Å². The van der Waals surface area contributed by atoms with Crippen molar-refractivity contribution in [3.8, 4) is 11.5 Å². The third kappa shape index (κ3) is 1.83. The average Bonchev–Trinajstić information content (AvgIpc) is 2.20. The Morgan fingerprint density at radius 1 is 1.25 bits per heavy atom. The Balaban J connectivity index is 3.33. The summed E-state index contributed by atoms with van der Waals surface area (Å²) >= 11 is 0. The lowest BCUT2D eigenvalue weighted by molar-refractivity contribution is -0.145. The molecule has 0 radical (unpaired) electrons. The van der Waals surface area contributed by atoms with Gasteiger partial charge in [0.2, 0.25) is 0 Å². The molecule has 0 saturated carbocycles. The quantitative estimate of drug-likeness (QED) is 0.687. The van der Waals surface area contributed by atoms with Gasteiger partial charge in [0.1, 0.15) is 0 Å². The molecule has 88 valence electrons. The molecular weight excluding hydrogens is 208 g/mol. The number of aromatic hydroxyl groups is 2. The fraction of sp³-hybridized carbons (Fsp3) is 0.417. The van der Waals surface area contributed by atoms with Gasteiger partial charge in [0.25, 0.3) is 0 Å². The molecule has 0 aliphatic carbocycles. The first-order valence-corrected chi connectivity index (χ1v) is 5.06. The maximum atomic E-state index is 11.3. The number of hydrogen-bond donors (Lipinski definition) is 3. The maximum absolute atomic E-state index is 11.3. The lowest BCUT2D eigenvalue weighted by Gasteiger charge is -2.29. The highest BCUT2D eigenvalue weighted by Crippen LogP contribution is 2.36. The Kier molecular flexibility index (Phi) is 3.12. The van der Waals surface area contributed by atoms with E-state index in [4.69, 9.17) is 0 Å². The summed E-state index contributed by atoms with van der Waals surface area (Å²) < 4.78 is 0. The largest absolute Gasteiger partial charge is 0.504 e. The van der Waals surface area contributed by atoms with Crippen LogP contribution in [0.5, 0.6) is 11.5 Å². The molecule has 0 heterocycles. The second-order valence-corrected chi connectivity index (χ2v) is 4.37. The molecular formula is C12H16O4. The van der Waals surface area contributed by atoms with Gasteiger partial charge in [-0.15, -0.1) is 0 Å². The van der Waals surface area contributed by atoms with Gasteiger partial charge in [-0.05, 0) is 30.5 Å². The lowest BCUT2D eigenvalue weighted by Crippen LogP contribution is -2.37. The van der Waals surface area contributed by atoms with Crippen molar-refractivity contribution in [1.29, 1.82) is 0 Å². The molecule has 0 aliphatic rings. The molecule has 16 heavy (non-hydrogen) atoms. The molecule has 4 nitrogen and oxygen atoms in total. The van der Waals surface area contributed by atoms with Crippen molar-refractivity contribution < 1.29 is 20.1 Å². The smallest absolute Gasteiger partial charge is 0.314 e. The third-order valence-electron chi connectivity index (χ3n) is 3.17. The van der Waals surface area contributed by atoms with E-state index in [0.29, 0.717) is 5.56 Å². The molecule has 0 saturated heterocycles. The summed E-state index contributed by atoms with van der Waals surface area (Å²) in [4.78, 5) is 11.3. The number of hydrogen-bond acceptors (Lipinski definition) is 3. The van der Waals surface area contributed by atoms with Gasteiger partial charge in [-0.1, -0.05) is 19.9 Å². The summed E-state index contributed by atoms with van der Waals surface area (Å²) in [7, 11) is 0. The summed E-state index contributed by atoms with van der Waals surface area (Å²) in [6, 6.07) is 4.11. The second-order valence-electron chi connectivity index (χ2n) is 4.37. The number of benzene rings is 1. The Labute approximate surface area is 94.2 Å². The fourth-order valence-electron chi connectivity index (χ4n) is 1.55. The predicted molar refractivity (Wildman–Crippen MR) is 59.6 cm³/mol. The molecule has 0 bridgehead atoms. The number of phenols is 2. The van der Waals surface area contributed by atoms with Crippen molar-refractivity contribution in [2.24, 2.45) is 5.92 Å². The van der Waals surface area contributed by atoms with Gasteiger partial charge in [0.05, 0.1) is 5.41 Å². The summed E-state index contributed by atoms with van der Waals surface area (Å²) in [5.41, 5.74) is -0.601. The summed E-state index contributed by atoms with van der Waals surface area (Å²) in [5.74, 6) is -1.63. The molecule has 0 amide bonds.